The number of aliphatic carboxylic acids is 1. The van der Waals surface area contributed by atoms with Gasteiger partial charge in [0.1, 0.15) is 0 Å². The van der Waals surface area contributed by atoms with Crippen LogP contribution in [0.15, 0.2) is 10.8 Å². The van der Waals surface area contributed by atoms with Crippen LogP contribution in [0.25, 0.3) is 0 Å². The van der Waals surface area contributed by atoms with E-state index in [2.05, 4.69) is 10.2 Å². The van der Waals surface area contributed by atoms with Crippen molar-refractivity contribution in [1.29, 1.82) is 0 Å². The van der Waals surface area contributed by atoms with Crippen LogP contribution < -0.4 is 0 Å². The molecule has 0 aromatic carbocycles. The average molecular weight is 142 g/mol. The van der Waals surface area contributed by atoms with E-state index in [0.29, 0.717) is 12.3 Å². The maximum absolute atomic E-state index is 10.0. The maximum Gasteiger partial charge on any atom is 0.303 e. The van der Waals surface area contributed by atoms with E-state index in [0.717, 1.165) is 0 Å². The molecule has 5 nitrogen and oxygen atoms in total. The molecule has 1 rings (SSSR count). The molecule has 1 aromatic heterocycles. The van der Waals surface area contributed by atoms with Crippen molar-refractivity contribution in [3.05, 3.63) is 12.3 Å². The maximum atomic E-state index is 10.0. The van der Waals surface area contributed by atoms with E-state index in [1.165, 1.54) is 6.39 Å². The Morgan fingerprint density at radius 2 is 2.60 bits per heavy atom. The normalized spacial score (nSPS) is 9.60. The number of nitrogens with zero attached hydrogens (tertiary/aromatic N) is 2. The van der Waals surface area contributed by atoms with Crippen LogP contribution >= 0.6 is 0 Å². The monoisotopic (exact) mass is 142 g/mol. The first-order valence-corrected chi connectivity index (χ1v) is 2.76. The van der Waals surface area contributed by atoms with E-state index in [9.17, 15) is 4.79 Å². The topological polar surface area (TPSA) is 76.2 Å². The lowest BCUT2D eigenvalue weighted by atomic mass is 10.3. The molecule has 1 heterocycles. The summed E-state index contributed by atoms with van der Waals surface area (Å²) in [6.45, 7) is 0. The summed E-state index contributed by atoms with van der Waals surface area (Å²) in [4.78, 5) is 10.0. The molecule has 0 aliphatic rings. The van der Waals surface area contributed by atoms with Crippen molar-refractivity contribution in [2.75, 3.05) is 0 Å². The third kappa shape index (κ3) is 1.85. The van der Waals surface area contributed by atoms with Crippen LogP contribution in [0.2, 0.25) is 0 Å². The van der Waals surface area contributed by atoms with Gasteiger partial charge in [-0.1, -0.05) is 0 Å². The first kappa shape index (κ1) is 6.73. The molecule has 0 unspecified atom stereocenters. The highest BCUT2D eigenvalue weighted by Gasteiger charge is 2.01. The summed E-state index contributed by atoms with van der Waals surface area (Å²) in [5.74, 6) is -0.499. The van der Waals surface area contributed by atoms with Gasteiger partial charge < -0.3 is 9.52 Å². The van der Waals surface area contributed by atoms with Crippen LogP contribution in [0, 0.1) is 0 Å². The lowest BCUT2D eigenvalue weighted by molar-refractivity contribution is -0.137. The fourth-order valence-corrected chi connectivity index (χ4v) is 0.519. The summed E-state index contributed by atoms with van der Waals surface area (Å²) in [6.07, 6.45) is 1.51. The van der Waals surface area contributed by atoms with Crippen molar-refractivity contribution in [1.82, 2.24) is 10.2 Å². The number of hydrogen-bond acceptors (Lipinski definition) is 4. The molecular formula is C5H6N2O3. The predicted octanol–water partition coefficient (Wildman–Crippen LogP) is 0.0868. The van der Waals surface area contributed by atoms with Crippen molar-refractivity contribution in [2.45, 2.75) is 12.8 Å². The van der Waals surface area contributed by atoms with Crippen molar-refractivity contribution in [3.8, 4) is 0 Å². The zero-order valence-corrected chi connectivity index (χ0v) is 5.15. The molecule has 0 radical (unpaired) electrons. The Morgan fingerprint density at radius 1 is 1.80 bits per heavy atom. The third-order valence-corrected chi connectivity index (χ3v) is 0.958. The highest BCUT2D eigenvalue weighted by molar-refractivity contribution is 5.66. The Kier molecular flexibility index (Phi) is 1.99. The fourth-order valence-electron chi connectivity index (χ4n) is 0.519. The van der Waals surface area contributed by atoms with Crippen molar-refractivity contribution >= 4 is 5.97 Å². The van der Waals surface area contributed by atoms with Crippen LogP contribution in [0.3, 0.4) is 0 Å². The molecule has 0 aliphatic carbocycles. The fraction of sp³-hybridized carbons (Fsp3) is 0.400. The molecule has 1 N–H and O–H groups in total. The van der Waals surface area contributed by atoms with Gasteiger partial charge in [-0.05, 0) is 0 Å². The minimum absolute atomic E-state index is 0.0300. The van der Waals surface area contributed by atoms with Gasteiger partial charge >= 0.3 is 5.97 Å². The van der Waals surface area contributed by atoms with Crippen LogP contribution in [-0.4, -0.2) is 21.3 Å². The molecule has 0 aliphatic heterocycles. The number of rotatable bonds is 3. The summed E-state index contributed by atoms with van der Waals surface area (Å²) in [5.41, 5.74) is 0. The van der Waals surface area contributed by atoms with Crippen LogP contribution in [-0.2, 0) is 11.2 Å². The van der Waals surface area contributed by atoms with Crippen molar-refractivity contribution in [3.63, 3.8) is 0 Å². The summed E-state index contributed by atoms with van der Waals surface area (Å²) >= 11 is 0. The summed E-state index contributed by atoms with van der Waals surface area (Å²) in [6, 6.07) is 0. The predicted molar refractivity (Wildman–Crippen MR) is 30.3 cm³/mol. The molecule has 10 heavy (non-hydrogen) atoms. The molecule has 0 spiro atoms. The zero-order chi connectivity index (χ0) is 7.40. The van der Waals surface area contributed by atoms with Gasteiger partial charge in [0.05, 0.1) is 6.42 Å². The van der Waals surface area contributed by atoms with Gasteiger partial charge in [-0.2, -0.15) is 0 Å². The molecule has 5 heteroatoms. The number of aromatic nitrogens is 2. The van der Waals surface area contributed by atoms with E-state index >= 15 is 0 Å². The van der Waals surface area contributed by atoms with E-state index in [-0.39, 0.29) is 6.42 Å². The second kappa shape index (κ2) is 2.95. The second-order valence-electron chi connectivity index (χ2n) is 1.73. The average Bonchev–Trinajstić information content (AvgIpc) is 2.34. The largest absolute Gasteiger partial charge is 0.481 e. The minimum atomic E-state index is -0.863. The lowest BCUT2D eigenvalue weighted by Crippen LogP contribution is -1.97. The molecule has 0 atom stereocenters. The van der Waals surface area contributed by atoms with Crippen LogP contribution in [0.5, 0.6) is 0 Å². The standard InChI is InChI=1S/C5H6N2O3/c8-5(9)2-1-4-7-6-3-10-4/h3H,1-2H2,(H,8,9). The third-order valence-electron chi connectivity index (χ3n) is 0.958. The number of carbonyl (C=O) groups is 1. The van der Waals surface area contributed by atoms with Gasteiger partial charge in [-0.3, -0.25) is 4.79 Å². The summed E-state index contributed by atoms with van der Waals surface area (Å²) in [7, 11) is 0. The number of aryl methyl sites for hydroxylation is 1. The first-order valence-electron chi connectivity index (χ1n) is 2.76. The molecule has 0 bridgehead atoms. The Bertz CT molecular complexity index is 207. The van der Waals surface area contributed by atoms with E-state index in [4.69, 9.17) is 9.52 Å². The SMILES string of the molecule is O=C(O)CCc1nnco1. The van der Waals surface area contributed by atoms with E-state index in [1.807, 2.05) is 0 Å². The first-order chi connectivity index (χ1) is 4.79. The Hall–Kier alpha value is -1.39. The number of carboxylic acid groups (broad SMARTS) is 1. The highest BCUT2D eigenvalue weighted by atomic mass is 16.4. The van der Waals surface area contributed by atoms with Gasteiger partial charge in [0.15, 0.2) is 0 Å². The highest BCUT2D eigenvalue weighted by Crippen LogP contribution is 1.95. The van der Waals surface area contributed by atoms with Gasteiger partial charge in [-0.15, -0.1) is 10.2 Å². The Balaban J connectivity index is 2.35. The van der Waals surface area contributed by atoms with Crippen molar-refractivity contribution < 1.29 is 14.3 Å². The van der Waals surface area contributed by atoms with Gasteiger partial charge in [0.25, 0.3) is 0 Å². The molecular weight excluding hydrogens is 136 g/mol. The Labute approximate surface area is 56.7 Å². The van der Waals surface area contributed by atoms with E-state index in [1.54, 1.807) is 0 Å². The quantitative estimate of drug-likeness (QED) is 0.647. The summed E-state index contributed by atoms with van der Waals surface area (Å²) < 4.78 is 4.70. The number of carboxylic acids is 1. The van der Waals surface area contributed by atoms with Crippen LogP contribution in [0.4, 0.5) is 0 Å². The second-order valence-corrected chi connectivity index (χ2v) is 1.73. The van der Waals surface area contributed by atoms with Crippen molar-refractivity contribution in [2.24, 2.45) is 0 Å². The molecule has 0 saturated carbocycles. The minimum Gasteiger partial charge on any atom is -0.481 e. The number of hydrogen-bond donors (Lipinski definition) is 1. The Morgan fingerprint density at radius 3 is 3.10 bits per heavy atom. The van der Waals surface area contributed by atoms with Gasteiger partial charge in [0.2, 0.25) is 12.3 Å². The van der Waals surface area contributed by atoms with E-state index < -0.39 is 5.97 Å². The van der Waals surface area contributed by atoms with Gasteiger partial charge in [-0.25, -0.2) is 0 Å². The molecule has 54 valence electrons. The van der Waals surface area contributed by atoms with Gasteiger partial charge in [0, 0.05) is 6.42 Å². The molecule has 0 fully saturated rings. The van der Waals surface area contributed by atoms with Crippen LogP contribution in [0.1, 0.15) is 12.3 Å². The zero-order valence-electron chi connectivity index (χ0n) is 5.15. The smallest absolute Gasteiger partial charge is 0.303 e. The molecule has 1 aromatic rings. The lowest BCUT2D eigenvalue weighted by Gasteiger charge is -1.86. The molecule has 0 amide bonds. The summed E-state index contributed by atoms with van der Waals surface area (Å²) in [5, 5.41) is 15.1. The molecule has 0 saturated heterocycles.